The smallest absolute Gasteiger partial charge is 0.0867 e. The van der Waals surface area contributed by atoms with Gasteiger partial charge in [-0.05, 0) is 49.8 Å². The van der Waals surface area contributed by atoms with Crippen molar-refractivity contribution in [2.75, 3.05) is 14.2 Å². The lowest BCUT2D eigenvalue weighted by Crippen LogP contribution is -2.44. The molecule has 1 aromatic rings. The molecule has 1 aliphatic rings. The Labute approximate surface area is 123 Å². The first-order valence-corrected chi connectivity index (χ1v) is 8.03. The van der Waals surface area contributed by atoms with Crippen molar-refractivity contribution in [2.24, 2.45) is 0 Å². The van der Waals surface area contributed by atoms with Gasteiger partial charge in [0.2, 0.25) is 0 Å². The zero-order chi connectivity index (χ0) is 14.6. The molecular weight excluding hydrogens is 246 g/mol. The zero-order valence-electron chi connectivity index (χ0n) is 13.4. The maximum Gasteiger partial charge on any atom is 0.0867 e. The van der Waals surface area contributed by atoms with E-state index in [1.54, 1.807) is 0 Å². The first kappa shape index (κ1) is 15.5. The predicted molar refractivity (Wildman–Crippen MR) is 85.2 cm³/mol. The van der Waals surface area contributed by atoms with E-state index >= 15 is 0 Å². The molecule has 0 bridgehead atoms. The van der Waals surface area contributed by atoms with Crippen molar-refractivity contribution in [3.63, 3.8) is 0 Å². The molecule has 1 N–H and O–H groups in total. The Hall–Kier alpha value is -0.860. The molecule has 0 heterocycles. The summed E-state index contributed by atoms with van der Waals surface area (Å²) in [5.74, 6) is 0.755. The second-order valence-electron chi connectivity index (χ2n) is 5.95. The summed E-state index contributed by atoms with van der Waals surface area (Å²) in [5, 5.41) is 3.53. The largest absolute Gasteiger partial charge is 0.376 e. The summed E-state index contributed by atoms with van der Waals surface area (Å²) in [7, 11) is 3.91. The summed E-state index contributed by atoms with van der Waals surface area (Å²) in [6, 6.07) is 9.20. The maximum atomic E-state index is 5.97. The van der Waals surface area contributed by atoms with Crippen molar-refractivity contribution in [1.82, 2.24) is 5.32 Å². The molecule has 0 saturated heterocycles. The normalized spacial score (nSPS) is 17.8. The third-order valence-corrected chi connectivity index (χ3v) is 5.27. The van der Waals surface area contributed by atoms with E-state index in [-0.39, 0.29) is 11.6 Å². The Balaban J connectivity index is 2.40. The van der Waals surface area contributed by atoms with Crippen LogP contribution in [0, 0.1) is 0 Å². The second kappa shape index (κ2) is 6.73. The molecular formula is C18H29NO. The van der Waals surface area contributed by atoms with Gasteiger partial charge in [-0.25, -0.2) is 0 Å². The Morgan fingerprint density at radius 1 is 1.25 bits per heavy atom. The van der Waals surface area contributed by atoms with Crippen molar-refractivity contribution in [3.8, 4) is 0 Å². The van der Waals surface area contributed by atoms with E-state index < -0.39 is 0 Å². The van der Waals surface area contributed by atoms with Crippen LogP contribution in [0.3, 0.4) is 0 Å². The molecule has 1 saturated carbocycles. The molecule has 112 valence electrons. The van der Waals surface area contributed by atoms with Crippen molar-refractivity contribution >= 4 is 0 Å². The fourth-order valence-electron chi connectivity index (χ4n) is 3.63. The van der Waals surface area contributed by atoms with Gasteiger partial charge in [0.25, 0.3) is 0 Å². The summed E-state index contributed by atoms with van der Waals surface area (Å²) in [6.45, 7) is 4.45. The molecule has 1 aliphatic carbocycles. The van der Waals surface area contributed by atoms with E-state index in [9.17, 15) is 0 Å². The highest BCUT2D eigenvalue weighted by Crippen LogP contribution is 2.43. The molecule has 20 heavy (non-hydrogen) atoms. The van der Waals surface area contributed by atoms with Crippen molar-refractivity contribution in [1.29, 1.82) is 0 Å². The van der Waals surface area contributed by atoms with Crippen LogP contribution < -0.4 is 5.32 Å². The Morgan fingerprint density at radius 2 is 1.90 bits per heavy atom. The summed E-state index contributed by atoms with van der Waals surface area (Å²) in [4.78, 5) is 0. The quantitative estimate of drug-likeness (QED) is 0.795. The fraction of sp³-hybridized carbons (Fsp3) is 0.667. The van der Waals surface area contributed by atoms with E-state index in [2.05, 4.69) is 50.5 Å². The average Bonchev–Trinajstić information content (AvgIpc) is 2.44. The predicted octanol–water partition coefficient (Wildman–Crippen LogP) is 4.42. The van der Waals surface area contributed by atoms with Crippen molar-refractivity contribution in [3.05, 3.63) is 35.4 Å². The SMILES string of the molecule is CCC(CC)(OC)C(NC)c1ccccc1C1CCC1. The molecule has 2 nitrogen and oxygen atoms in total. The number of hydrogen-bond acceptors (Lipinski definition) is 2. The number of likely N-dealkylation sites (N-methyl/N-ethyl adjacent to an activating group) is 1. The van der Waals surface area contributed by atoms with Gasteiger partial charge in [0.15, 0.2) is 0 Å². The molecule has 0 amide bonds. The number of hydrogen-bond donors (Lipinski definition) is 1. The molecule has 2 rings (SSSR count). The lowest BCUT2D eigenvalue weighted by Gasteiger charge is -2.41. The Bertz CT molecular complexity index is 413. The molecule has 1 fully saturated rings. The van der Waals surface area contributed by atoms with Crippen LogP contribution >= 0.6 is 0 Å². The summed E-state index contributed by atoms with van der Waals surface area (Å²) in [6.07, 6.45) is 6.09. The molecule has 1 unspecified atom stereocenters. The zero-order valence-corrected chi connectivity index (χ0v) is 13.4. The Morgan fingerprint density at radius 3 is 2.35 bits per heavy atom. The number of rotatable bonds is 7. The highest BCUT2D eigenvalue weighted by molar-refractivity contribution is 5.36. The highest BCUT2D eigenvalue weighted by atomic mass is 16.5. The molecule has 1 atom stereocenters. The van der Waals surface area contributed by atoms with Gasteiger partial charge in [0, 0.05) is 7.11 Å². The monoisotopic (exact) mass is 275 g/mol. The topological polar surface area (TPSA) is 21.3 Å². The van der Waals surface area contributed by atoms with Crippen LogP contribution in [0.5, 0.6) is 0 Å². The summed E-state index contributed by atoms with van der Waals surface area (Å²) < 4.78 is 5.97. The van der Waals surface area contributed by atoms with Crippen LogP contribution in [0.2, 0.25) is 0 Å². The number of methoxy groups -OCH3 is 1. The van der Waals surface area contributed by atoms with Gasteiger partial charge >= 0.3 is 0 Å². The van der Waals surface area contributed by atoms with Gasteiger partial charge in [-0.1, -0.05) is 44.5 Å². The van der Waals surface area contributed by atoms with Gasteiger partial charge in [-0.3, -0.25) is 0 Å². The molecule has 0 spiro atoms. The third kappa shape index (κ3) is 2.64. The second-order valence-corrected chi connectivity index (χ2v) is 5.95. The minimum absolute atomic E-state index is 0.116. The molecule has 0 aliphatic heterocycles. The van der Waals surface area contributed by atoms with Gasteiger partial charge in [0.05, 0.1) is 11.6 Å². The first-order valence-electron chi connectivity index (χ1n) is 8.03. The third-order valence-electron chi connectivity index (χ3n) is 5.27. The lowest BCUT2D eigenvalue weighted by molar-refractivity contribution is -0.0471. The molecule has 0 radical (unpaired) electrons. The standard InChI is InChI=1S/C18H29NO/c1-5-18(6-2,20-4)17(19-3)16-13-8-7-12-15(16)14-10-9-11-14/h7-8,12-14,17,19H,5-6,9-11H2,1-4H3. The lowest BCUT2D eigenvalue weighted by atomic mass is 9.74. The van der Waals surface area contributed by atoms with E-state index in [1.807, 2.05) is 7.11 Å². The number of nitrogens with one attached hydrogen (secondary N) is 1. The summed E-state index contributed by atoms with van der Waals surface area (Å²) >= 11 is 0. The van der Waals surface area contributed by atoms with Crippen LogP contribution in [-0.4, -0.2) is 19.8 Å². The first-order chi connectivity index (χ1) is 9.72. The number of benzene rings is 1. The number of ether oxygens (including phenoxy) is 1. The van der Waals surface area contributed by atoms with E-state index in [0.717, 1.165) is 18.8 Å². The van der Waals surface area contributed by atoms with Crippen molar-refractivity contribution < 1.29 is 4.74 Å². The average molecular weight is 275 g/mol. The van der Waals surface area contributed by atoms with Gasteiger partial charge in [-0.2, -0.15) is 0 Å². The molecule has 1 aromatic carbocycles. The van der Waals surface area contributed by atoms with Crippen LogP contribution in [-0.2, 0) is 4.74 Å². The van der Waals surface area contributed by atoms with Crippen LogP contribution in [0.15, 0.2) is 24.3 Å². The van der Waals surface area contributed by atoms with Crippen molar-refractivity contribution in [2.45, 2.75) is 63.5 Å². The maximum absolute atomic E-state index is 5.97. The van der Waals surface area contributed by atoms with Crippen LogP contribution in [0.1, 0.15) is 69.0 Å². The van der Waals surface area contributed by atoms with Crippen LogP contribution in [0.25, 0.3) is 0 Å². The van der Waals surface area contributed by atoms with E-state index in [0.29, 0.717) is 0 Å². The molecule has 2 heteroatoms. The summed E-state index contributed by atoms with van der Waals surface area (Å²) in [5.41, 5.74) is 2.85. The van der Waals surface area contributed by atoms with Gasteiger partial charge in [0.1, 0.15) is 0 Å². The van der Waals surface area contributed by atoms with Gasteiger partial charge in [-0.15, -0.1) is 0 Å². The van der Waals surface area contributed by atoms with Crippen LogP contribution in [0.4, 0.5) is 0 Å². The highest BCUT2D eigenvalue weighted by Gasteiger charge is 2.38. The Kier molecular flexibility index (Phi) is 5.22. The minimum atomic E-state index is -0.116. The minimum Gasteiger partial charge on any atom is -0.376 e. The van der Waals surface area contributed by atoms with Gasteiger partial charge < -0.3 is 10.1 Å². The fourth-order valence-corrected chi connectivity index (χ4v) is 3.63. The van der Waals surface area contributed by atoms with E-state index in [4.69, 9.17) is 4.74 Å². The molecule has 0 aromatic heterocycles. The van der Waals surface area contributed by atoms with E-state index in [1.165, 1.54) is 30.4 Å².